The molecule has 2 aromatic rings. The number of hydrogen-bond donors (Lipinski definition) is 3. The highest BCUT2D eigenvalue weighted by Crippen LogP contribution is 2.25. The average molecular weight is 467 g/mol. The molecule has 0 spiro atoms. The van der Waals surface area contributed by atoms with E-state index in [2.05, 4.69) is 16.2 Å². The van der Waals surface area contributed by atoms with Crippen molar-refractivity contribution in [2.75, 3.05) is 13.1 Å². The zero-order valence-corrected chi connectivity index (χ0v) is 18.6. The number of halogens is 1. The third kappa shape index (κ3) is 5.69. The number of sulfonamides is 1. The Kier molecular flexibility index (Phi) is 7.65. The van der Waals surface area contributed by atoms with Crippen molar-refractivity contribution in [2.24, 2.45) is 0 Å². The summed E-state index contributed by atoms with van der Waals surface area (Å²) in [5, 5.41) is 3.34. The molecule has 1 heterocycles. The second-order valence-electron chi connectivity index (χ2n) is 6.85. The lowest BCUT2D eigenvalue weighted by atomic mass is 10.2. The molecule has 160 valence electrons. The first-order valence-corrected chi connectivity index (χ1v) is 11.8. The van der Waals surface area contributed by atoms with Crippen molar-refractivity contribution < 1.29 is 13.2 Å². The van der Waals surface area contributed by atoms with Gasteiger partial charge in [0.15, 0.2) is 5.11 Å². The molecule has 7 nitrogen and oxygen atoms in total. The Morgan fingerprint density at radius 1 is 1.03 bits per heavy atom. The molecule has 0 bridgehead atoms. The summed E-state index contributed by atoms with van der Waals surface area (Å²) in [4.78, 5) is 12.6. The van der Waals surface area contributed by atoms with Gasteiger partial charge in [0, 0.05) is 19.6 Å². The molecule has 1 saturated heterocycles. The van der Waals surface area contributed by atoms with Crippen molar-refractivity contribution >= 4 is 44.9 Å². The first-order valence-electron chi connectivity index (χ1n) is 9.56. The van der Waals surface area contributed by atoms with Crippen LogP contribution in [0.25, 0.3) is 0 Å². The summed E-state index contributed by atoms with van der Waals surface area (Å²) in [7, 11) is -3.67. The second kappa shape index (κ2) is 10.2. The molecule has 0 radical (unpaired) electrons. The van der Waals surface area contributed by atoms with Crippen molar-refractivity contribution in [1.29, 1.82) is 0 Å². The lowest BCUT2D eigenvalue weighted by Gasteiger charge is -2.26. The minimum absolute atomic E-state index is 0.0451. The molecule has 3 rings (SSSR count). The molecule has 0 saturated carbocycles. The zero-order chi connectivity index (χ0) is 21.6. The van der Waals surface area contributed by atoms with Gasteiger partial charge in [-0.2, -0.15) is 4.31 Å². The van der Waals surface area contributed by atoms with Crippen molar-refractivity contribution in [3.05, 3.63) is 64.7 Å². The average Bonchev–Trinajstić information content (AvgIpc) is 2.77. The fraction of sp³-hybridized carbons (Fsp3) is 0.300. The van der Waals surface area contributed by atoms with Crippen LogP contribution in [0.4, 0.5) is 0 Å². The monoisotopic (exact) mass is 466 g/mol. The summed E-state index contributed by atoms with van der Waals surface area (Å²) in [6.07, 6.45) is 2.68. The number of carbonyl (C=O) groups is 1. The Labute approximate surface area is 186 Å². The van der Waals surface area contributed by atoms with Crippen LogP contribution in [0.1, 0.15) is 35.2 Å². The van der Waals surface area contributed by atoms with Crippen LogP contribution in [0.3, 0.4) is 0 Å². The van der Waals surface area contributed by atoms with E-state index in [4.69, 9.17) is 23.8 Å². The number of amides is 1. The number of nitrogens with one attached hydrogen (secondary N) is 3. The van der Waals surface area contributed by atoms with Gasteiger partial charge in [0.25, 0.3) is 5.91 Å². The van der Waals surface area contributed by atoms with E-state index < -0.39 is 15.9 Å². The molecule has 0 aromatic heterocycles. The van der Waals surface area contributed by atoms with E-state index in [1.165, 1.54) is 22.5 Å². The summed E-state index contributed by atoms with van der Waals surface area (Å²) in [6.45, 7) is 1.46. The highest BCUT2D eigenvalue weighted by molar-refractivity contribution is 7.89. The van der Waals surface area contributed by atoms with Gasteiger partial charge in [-0.05, 0) is 48.8 Å². The van der Waals surface area contributed by atoms with Crippen LogP contribution < -0.4 is 16.2 Å². The van der Waals surface area contributed by atoms with E-state index >= 15 is 0 Å². The Balaban J connectivity index is 1.62. The molecule has 0 atom stereocenters. The number of hydrogen-bond acceptors (Lipinski definition) is 4. The van der Waals surface area contributed by atoms with E-state index in [1.54, 1.807) is 0 Å². The van der Waals surface area contributed by atoms with Gasteiger partial charge in [-0.1, -0.05) is 48.4 Å². The van der Waals surface area contributed by atoms with Gasteiger partial charge >= 0.3 is 0 Å². The Bertz CT molecular complexity index is 1010. The molecule has 1 aliphatic rings. The molecule has 2 aromatic carbocycles. The van der Waals surface area contributed by atoms with E-state index in [-0.39, 0.29) is 20.6 Å². The van der Waals surface area contributed by atoms with Gasteiger partial charge in [-0.25, -0.2) is 8.42 Å². The minimum atomic E-state index is -3.67. The number of thiocarbonyl (C=S) groups is 1. The SMILES string of the molecule is O=C(NNC(=S)NCc1ccccc1)c1cc(S(=O)(=O)N2CCCCC2)ccc1Cl. The van der Waals surface area contributed by atoms with Crippen molar-refractivity contribution in [1.82, 2.24) is 20.5 Å². The molecule has 1 fully saturated rings. The molecule has 30 heavy (non-hydrogen) atoms. The summed E-state index contributed by atoms with van der Waals surface area (Å²) < 4.78 is 27.2. The predicted molar refractivity (Wildman–Crippen MR) is 121 cm³/mol. The molecular formula is C20H23ClN4O3S2. The number of piperidine rings is 1. The zero-order valence-electron chi connectivity index (χ0n) is 16.2. The van der Waals surface area contributed by atoms with Gasteiger partial charge in [0.2, 0.25) is 10.0 Å². The summed E-state index contributed by atoms with van der Waals surface area (Å²) in [6, 6.07) is 13.8. The van der Waals surface area contributed by atoms with E-state index in [1.807, 2.05) is 30.3 Å². The molecular weight excluding hydrogens is 444 g/mol. The maximum atomic E-state index is 12.9. The van der Waals surface area contributed by atoms with E-state index in [0.717, 1.165) is 24.8 Å². The number of benzene rings is 2. The normalized spacial score (nSPS) is 14.7. The van der Waals surface area contributed by atoms with E-state index in [9.17, 15) is 13.2 Å². The largest absolute Gasteiger partial charge is 0.357 e. The first-order chi connectivity index (χ1) is 14.4. The number of rotatable bonds is 5. The van der Waals surface area contributed by atoms with Crippen LogP contribution in [0.2, 0.25) is 5.02 Å². The van der Waals surface area contributed by atoms with Crippen LogP contribution in [-0.4, -0.2) is 36.8 Å². The third-order valence-corrected chi connectivity index (χ3v) is 7.19. The second-order valence-corrected chi connectivity index (χ2v) is 9.61. The van der Waals surface area contributed by atoms with Crippen molar-refractivity contribution in [3.8, 4) is 0 Å². The van der Waals surface area contributed by atoms with Crippen LogP contribution in [0, 0.1) is 0 Å². The lowest BCUT2D eigenvalue weighted by Crippen LogP contribution is -2.46. The fourth-order valence-corrected chi connectivity index (χ4v) is 4.97. The lowest BCUT2D eigenvalue weighted by molar-refractivity contribution is 0.0943. The van der Waals surface area contributed by atoms with Crippen molar-refractivity contribution in [3.63, 3.8) is 0 Å². The highest BCUT2D eigenvalue weighted by Gasteiger charge is 2.27. The maximum absolute atomic E-state index is 12.9. The Morgan fingerprint density at radius 2 is 1.73 bits per heavy atom. The number of carbonyl (C=O) groups excluding carboxylic acids is 1. The maximum Gasteiger partial charge on any atom is 0.271 e. The Morgan fingerprint density at radius 3 is 2.43 bits per heavy atom. The molecule has 0 aliphatic carbocycles. The predicted octanol–water partition coefficient (Wildman–Crippen LogP) is 2.82. The standard InChI is InChI=1S/C20H23ClN4O3S2/c21-18-10-9-16(30(27,28)25-11-5-2-6-12-25)13-17(18)19(26)23-24-20(29)22-14-15-7-3-1-4-8-15/h1,3-4,7-10,13H,2,5-6,11-12,14H2,(H,23,26)(H2,22,24,29). The quantitative estimate of drug-likeness (QED) is 0.463. The van der Waals surface area contributed by atoms with Gasteiger partial charge in [-0.3, -0.25) is 15.6 Å². The van der Waals surface area contributed by atoms with Gasteiger partial charge in [-0.15, -0.1) is 0 Å². The fourth-order valence-electron chi connectivity index (χ4n) is 3.10. The molecule has 3 N–H and O–H groups in total. The van der Waals surface area contributed by atoms with Crippen LogP contribution in [-0.2, 0) is 16.6 Å². The topological polar surface area (TPSA) is 90.5 Å². The van der Waals surface area contributed by atoms with Crippen molar-refractivity contribution in [2.45, 2.75) is 30.7 Å². The molecule has 10 heteroatoms. The van der Waals surface area contributed by atoms with Gasteiger partial charge in [0.05, 0.1) is 15.5 Å². The summed E-state index contributed by atoms with van der Waals surface area (Å²) >= 11 is 11.3. The number of nitrogens with zero attached hydrogens (tertiary/aromatic N) is 1. The Hall–Kier alpha value is -2.20. The van der Waals surface area contributed by atoms with Crippen LogP contribution in [0.5, 0.6) is 0 Å². The number of hydrazine groups is 1. The highest BCUT2D eigenvalue weighted by atomic mass is 35.5. The van der Waals surface area contributed by atoms with Crippen LogP contribution >= 0.6 is 23.8 Å². The van der Waals surface area contributed by atoms with Crippen LogP contribution in [0.15, 0.2) is 53.4 Å². The van der Waals surface area contributed by atoms with Gasteiger partial charge < -0.3 is 5.32 Å². The minimum Gasteiger partial charge on any atom is -0.357 e. The summed E-state index contributed by atoms with van der Waals surface area (Å²) in [5.74, 6) is -0.584. The smallest absolute Gasteiger partial charge is 0.271 e. The first kappa shape index (κ1) is 22.5. The summed E-state index contributed by atoms with van der Waals surface area (Å²) in [5.41, 5.74) is 6.13. The molecule has 1 amide bonds. The molecule has 1 aliphatic heterocycles. The van der Waals surface area contributed by atoms with Gasteiger partial charge in [0.1, 0.15) is 0 Å². The molecule has 0 unspecified atom stereocenters. The van der Waals surface area contributed by atoms with E-state index in [0.29, 0.717) is 19.6 Å². The third-order valence-electron chi connectivity index (χ3n) is 4.72.